The summed E-state index contributed by atoms with van der Waals surface area (Å²) in [5.41, 5.74) is 1.68. The fraction of sp³-hybridized carbons (Fsp3) is 0.391. The van der Waals surface area contributed by atoms with Crippen LogP contribution in [-0.4, -0.2) is 56.0 Å². The number of anilines is 2. The number of fused-ring (bicyclic) bond motifs is 1. The number of alkyl halides is 3. The third-order valence-electron chi connectivity index (χ3n) is 5.82. The minimum atomic E-state index is -4.36. The van der Waals surface area contributed by atoms with Gasteiger partial charge in [0, 0.05) is 26.2 Å². The molecule has 168 valence electrons. The van der Waals surface area contributed by atoms with Crippen molar-refractivity contribution in [2.24, 2.45) is 0 Å². The van der Waals surface area contributed by atoms with Crippen LogP contribution in [0.15, 0.2) is 48.5 Å². The van der Waals surface area contributed by atoms with Crippen molar-refractivity contribution < 1.29 is 22.6 Å². The first-order valence-corrected chi connectivity index (χ1v) is 10.6. The van der Waals surface area contributed by atoms with Crippen molar-refractivity contribution >= 4 is 22.7 Å². The van der Waals surface area contributed by atoms with Crippen molar-refractivity contribution in [3.05, 3.63) is 59.7 Å². The lowest BCUT2D eigenvalue weighted by molar-refractivity contribution is -0.137. The zero-order chi connectivity index (χ0) is 22.1. The third-order valence-corrected chi connectivity index (χ3v) is 5.82. The fourth-order valence-corrected chi connectivity index (χ4v) is 4.11. The van der Waals surface area contributed by atoms with Crippen LogP contribution < -0.4 is 9.80 Å². The van der Waals surface area contributed by atoms with Crippen LogP contribution in [0.5, 0.6) is 0 Å². The minimum Gasteiger partial charge on any atom is -0.378 e. The van der Waals surface area contributed by atoms with Crippen LogP contribution in [0.1, 0.15) is 17.2 Å². The molecule has 0 saturated carbocycles. The number of morpholine rings is 2. The first kappa shape index (κ1) is 21.0. The van der Waals surface area contributed by atoms with Gasteiger partial charge in [-0.1, -0.05) is 24.3 Å². The monoisotopic (exact) mass is 444 g/mol. The summed E-state index contributed by atoms with van der Waals surface area (Å²) >= 11 is 0. The Labute approximate surface area is 183 Å². The van der Waals surface area contributed by atoms with Crippen LogP contribution in [0, 0.1) is 0 Å². The van der Waals surface area contributed by atoms with E-state index in [0.717, 1.165) is 47.9 Å². The molecule has 2 fully saturated rings. The molecule has 2 saturated heterocycles. The van der Waals surface area contributed by atoms with Gasteiger partial charge in [-0.2, -0.15) is 13.2 Å². The van der Waals surface area contributed by atoms with E-state index >= 15 is 0 Å². The number of hydrogen-bond donors (Lipinski definition) is 0. The van der Waals surface area contributed by atoms with Crippen LogP contribution in [0.2, 0.25) is 0 Å². The van der Waals surface area contributed by atoms with E-state index in [1.165, 1.54) is 12.1 Å². The molecule has 1 unspecified atom stereocenters. The quantitative estimate of drug-likeness (QED) is 0.607. The Morgan fingerprint density at radius 1 is 0.781 bits per heavy atom. The molecule has 2 aliphatic heterocycles. The summed E-state index contributed by atoms with van der Waals surface area (Å²) < 4.78 is 50.2. The Kier molecular flexibility index (Phi) is 5.60. The Morgan fingerprint density at radius 2 is 1.38 bits per heavy atom. The standard InChI is InChI=1S/C23H23F3N4O2/c24-23(25,26)17-7-5-16(6-8-17)20-15-30(11-14-32-20)22-21(29-9-12-31-13-10-29)27-18-3-1-2-4-19(18)28-22/h1-8,20H,9-15H2. The number of nitrogens with zero attached hydrogens (tertiary/aromatic N) is 4. The van der Waals surface area contributed by atoms with E-state index in [2.05, 4.69) is 9.80 Å². The average Bonchev–Trinajstić information content (AvgIpc) is 2.83. The van der Waals surface area contributed by atoms with Crippen LogP contribution in [0.25, 0.3) is 11.0 Å². The van der Waals surface area contributed by atoms with E-state index in [0.29, 0.717) is 38.5 Å². The van der Waals surface area contributed by atoms with Crippen molar-refractivity contribution in [3.8, 4) is 0 Å². The number of hydrogen-bond acceptors (Lipinski definition) is 6. The molecule has 0 N–H and O–H groups in total. The topological polar surface area (TPSA) is 50.7 Å². The molecule has 32 heavy (non-hydrogen) atoms. The van der Waals surface area contributed by atoms with Crippen molar-refractivity contribution in [2.45, 2.75) is 12.3 Å². The molecule has 5 rings (SSSR count). The van der Waals surface area contributed by atoms with Gasteiger partial charge in [0.2, 0.25) is 0 Å². The predicted octanol–water partition coefficient (Wildman–Crippen LogP) is 4.06. The van der Waals surface area contributed by atoms with Gasteiger partial charge < -0.3 is 19.3 Å². The van der Waals surface area contributed by atoms with Gasteiger partial charge in [-0.3, -0.25) is 0 Å². The molecule has 3 heterocycles. The normalized spacial score (nSPS) is 20.0. The molecule has 0 amide bonds. The number of ether oxygens (including phenoxy) is 2. The SMILES string of the molecule is FC(F)(F)c1ccc(C2CN(c3nc4ccccc4nc3N3CCOCC3)CCO2)cc1. The molecule has 1 atom stereocenters. The highest BCUT2D eigenvalue weighted by Crippen LogP contribution is 2.34. The highest BCUT2D eigenvalue weighted by atomic mass is 19.4. The maximum atomic E-state index is 12.9. The molecule has 2 aromatic carbocycles. The Hall–Kier alpha value is -2.91. The van der Waals surface area contributed by atoms with Gasteiger partial charge in [-0.25, -0.2) is 9.97 Å². The summed E-state index contributed by atoms with van der Waals surface area (Å²) in [5.74, 6) is 1.57. The van der Waals surface area contributed by atoms with E-state index in [9.17, 15) is 13.2 Å². The second-order valence-electron chi connectivity index (χ2n) is 7.88. The summed E-state index contributed by atoms with van der Waals surface area (Å²) in [7, 11) is 0. The highest BCUT2D eigenvalue weighted by Gasteiger charge is 2.32. The van der Waals surface area contributed by atoms with E-state index in [1.807, 2.05) is 24.3 Å². The van der Waals surface area contributed by atoms with Gasteiger partial charge in [-0.05, 0) is 29.8 Å². The summed E-state index contributed by atoms with van der Waals surface area (Å²) in [6.45, 7) is 4.27. The molecular formula is C23H23F3N4O2. The molecule has 0 radical (unpaired) electrons. The van der Waals surface area contributed by atoms with Gasteiger partial charge >= 0.3 is 6.18 Å². The smallest absolute Gasteiger partial charge is 0.378 e. The van der Waals surface area contributed by atoms with Gasteiger partial charge in [-0.15, -0.1) is 0 Å². The predicted molar refractivity (Wildman–Crippen MR) is 115 cm³/mol. The van der Waals surface area contributed by atoms with E-state index in [1.54, 1.807) is 0 Å². The Bertz CT molecular complexity index is 1080. The van der Waals surface area contributed by atoms with Gasteiger partial charge in [0.1, 0.15) is 6.10 Å². The molecule has 9 heteroatoms. The summed E-state index contributed by atoms with van der Waals surface area (Å²) in [6.07, 6.45) is -4.71. The van der Waals surface area contributed by atoms with Gasteiger partial charge in [0.15, 0.2) is 11.6 Å². The lowest BCUT2D eigenvalue weighted by atomic mass is 10.1. The van der Waals surface area contributed by atoms with E-state index in [4.69, 9.17) is 19.4 Å². The lowest BCUT2D eigenvalue weighted by Crippen LogP contribution is -2.42. The molecule has 0 spiro atoms. The molecule has 6 nitrogen and oxygen atoms in total. The molecular weight excluding hydrogens is 421 g/mol. The van der Waals surface area contributed by atoms with Crippen molar-refractivity contribution in [3.63, 3.8) is 0 Å². The molecule has 3 aromatic rings. The van der Waals surface area contributed by atoms with Crippen LogP contribution in [0.4, 0.5) is 24.8 Å². The second kappa shape index (κ2) is 8.55. The van der Waals surface area contributed by atoms with Crippen molar-refractivity contribution in [2.75, 3.05) is 55.8 Å². The lowest BCUT2D eigenvalue weighted by Gasteiger charge is -2.37. The summed E-state index contributed by atoms with van der Waals surface area (Å²) in [4.78, 5) is 14.1. The number of halogens is 3. The average molecular weight is 444 g/mol. The molecule has 1 aromatic heterocycles. The maximum Gasteiger partial charge on any atom is 0.416 e. The van der Waals surface area contributed by atoms with E-state index < -0.39 is 11.7 Å². The minimum absolute atomic E-state index is 0.350. The van der Waals surface area contributed by atoms with Crippen LogP contribution in [0.3, 0.4) is 0 Å². The van der Waals surface area contributed by atoms with Crippen LogP contribution >= 0.6 is 0 Å². The zero-order valence-electron chi connectivity index (χ0n) is 17.4. The number of rotatable bonds is 3. The van der Waals surface area contributed by atoms with Crippen molar-refractivity contribution in [1.82, 2.24) is 9.97 Å². The van der Waals surface area contributed by atoms with Crippen molar-refractivity contribution in [1.29, 1.82) is 0 Å². The van der Waals surface area contributed by atoms with Gasteiger partial charge in [0.05, 0.1) is 36.4 Å². The van der Waals surface area contributed by atoms with Crippen LogP contribution in [-0.2, 0) is 15.7 Å². The number of para-hydroxylation sites is 2. The Balaban J connectivity index is 1.46. The molecule has 2 aliphatic rings. The van der Waals surface area contributed by atoms with Gasteiger partial charge in [0.25, 0.3) is 0 Å². The largest absolute Gasteiger partial charge is 0.416 e. The number of aromatic nitrogens is 2. The summed E-state index contributed by atoms with van der Waals surface area (Å²) in [6, 6.07) is 12.9. The molecule has 0 aliphatic carbocycles. The van der Waals surface area contributed by atoms with E-state index in [-0.39, 0.29) is 6.10 Å². The first-order chi connectivity index (χ1) is 15.5. The highest BCUT2D eigenvalue weighted by molar-refractivity contribution is 5.81. The maximum absolute atomic E-state index is 12.9. The fourth-order valence-electron chi connectivity index (χ4n) is 4.11. The number of benzene rings is 2. The third kappa shape index (κ3) is 4.22. The zero-order valence-corrected chi connectivity index (χ0v) is 17.4. The summed E-state index contributed by atoms with van der Waals surface area (Å²) in [5, 5.41) is 0. The second-order valence-corrected chi connectivity index (χ2v) is 7.88. The first-order valence-electron chi connectivity index (χ1n) is 10.6. The Morgan fingerprint density at radius 3 is 2.00 bits per heavy atom. The molecule has 0 bridgehead atoms.